The highest BCUT2D eigenvalue weighted by Gasteiger charge is 2.18. The predicted molar refractivity (Wildman–Crippen MR) is 62.5 cm³/mol. The molecule has 0 unspecified atom stereocenters. The van der Waals surface area contributed by atoms with Gasteiger partial charge in [-0.25, -0.2) is 0 Å². The van der Waals surface area contributed by atoms with E-state index in [-0.39, 0.29) is 5.54 Å². The summed E-state index contributed by atoms with van der Waals surface area (Å²) in [5.74, 6) is -0.711. The van der Waals surface area contributed by atoms with Gasteiger partial charge in [-0.2, -0.15) is 0 Å². The first-order chi connectivity index (χ1) is 6.95. The first kappa shape index (κ1) is 16.8. The molecular formula is C10H25N3O2. The number of aliphatic carboxylic acids is 1. The summed E-state index contributed by atoms with van der Waals surface area (Å²) in [6.07, 6.45) is 2.99. The first-order valence-electron chi connectivity index (χ1n) is 5.36. The number of carboxylic acid groups (broad SMARTS) is 1. The summed E-state index contributed by atoms with van der Waals surface area (Å²) in [7, 11) is 0. The molecule has 0 aliphatic heterocycles. The van der Waals surface area contributed by atoms with Gasteiger partial charge >= 0.3 is 5.97 Å². The fraction of sp³-hybridized carbons (Fsp3) is 0.900. The molecule has 5 heteroatoms. The Balaban J connectivity index is 0. The molecule has 0 bridgehead atoms. The fourth-order valence-electron chi connectivity index (χ4n) is 0.999. The molecule has 0 heterocycles. The van der Waals surface area contributed by atoms with Gasteiger partial charge in [0.05, 0.1) is 0 Å². The Morgan fingerprint density at radius 3 is 1.73 bits per heavy atom. The van der Waals surface area contributed by atoms with Gasteiger partial charge in [-0.15, -0.1) is 0 Å². The van der Waals surface area contributed by atoms with E-state index in [9.17, 15) is 4.79 Å². The number of rotatable bonds is 6. The topological polar surface area (TPSA) is 115 Å². The van der Waals surface area contributed by atoms with E-state index < -0.39 is 5.97 Å². The predicted octanol–water partition coefficient (Wildman–Crippen LogP) is 0.273. The van der Waals surface area contributed by atoms with Crippen molar-refractivity contribution in [3.63, 3.8) is 0 Å². The van der Waals surface area contributed by atoms with Crippen molar-refractivity contribution < 1.29 is 9.90 Å². The Kier molecular flexibility index (Phi) is 11.1. The number of carboxylic acids is 1. The molecule has 0 saturated carbocycles. The average molecular weight is 219 g/mol. The van der Waals surface area contributed by atoms with Gasteiger partial charge in [0.1, 0.15) is 0 Å². The fourth-order valence-corrected chi connectivity index (χ4v) is 0.999. The Morgan fingerprint density at radius 1 is 1.20 bits per heavy atom. The maximum atomic E-state index is 9.60. The van der Waals surface area contributed by atoms with Crippen molar-refractivity contribution in [1.82, 2.24) is 0 Å². The third kappa shape index (κ3) is 11.3. The second kappa shape index (κ2) is 9.89. The molecular weight excluding hydrogens is 194 g/mol. The maximum absolute atomic E-state index is 9.60. The van der Waals surface area contributed by atoms with E-state index in [2.05, 4.69) is 6.92 Å². The van der Waals surface area contributed by atoms with Gasteiger partial charge in [0.25, 0.3) is 0 Å². The summed E-state index contributed by atoms with van der Waals surface area (Å²) in [5.41, 5.74) is 16.2. The Hall–Kier alpha value is -0.650. The molecule has 0 aromatic rings. The van der Waals surface area contributed by atoms with Gasteiger partial charge in [-0.3, -0.25) is 4.79 Å². The number of carbonyl (C=O) groups is 1. The molecule has 0 aliphatic carbocycles. The van der Waals surface area contributed by atoms with E-state index in [1.807, 2.05) is 6.92 Å². The molecule has 0 saturated heterocycles. The monoisotopic (exact) mass is 219 g/mol. The van der Waals surface area contributed by atoms with Crippen LogP contribution in [0.5, 0.6) is 0 Å². The van der Waals surface area contributed by atoms with E-state index in [0.717, 1.165) is 19.3 Å². The van der Waals surface area contributed by atoms with E-state index in [1.54, 1.807) is 0 Å². The van der Waals surface area contributed by atoms with Crippen molar-refractivity contribution in [2.24, 2.45) is 17.2 Å². The largest absolute Gasteiger partial charge is 0.481 e. The molecule has 0 aromatic heterocycles. The summed E-state index contributed by atoms with van der Waals surface area (Å²) in [6.45, 7) is 4.88. The summed E-state index contributed by atoms with van der Waals surface area (Å²) >= 11 is 0. The molecule has 0 amide bonds. The van der Waals surface area contributed by atoms with E-state index in [1.165, 1.54) is 0 Å². The molecule has 0 aromatic carbocycles. The van der Waals surface area contributed by atoms with Crippen LogP contribution in [-0.2, 0) is 4.79 Å². The molecule has 0 radical (unpaired) electrons. The first-order valence-corrected chi connectivity index (χ1v) is 5.36. The van der Waals surface area contributed by atoms with Crippen LogP contribution in [0, 0.1) is 0 Å². The van der Waals surface area contributed by atoms with Crippen LogP contribution in [-0.4, -0.2) is 29.7 Å². The molecule has 92 valence electrons. The van der Waals surface area contributed by atoms with Crippen LogP contribution in [0.3, 0.4) is 0 Å². The Labute approximate surface area is 92.0 Å². The van der Waals surface area contributed by atoms with Gasteiger partial charge < -0.3 is 22.3 Å². The standard InChI is InChI=1S/C6H17N3.C4H8O2/c1-2-3-6(9,4-7)5-8;1-2-3-4(5)6/h2-5,7-9H2,1H3;2-3H2,1H3,(H,5,6). The summed E-state index contributed by atoms with van der Waals surface area (Å²) in [4.78, 5) is 9.60. The second-order valence-corrected chi connectivity index (χ2v) is 3.66. The van der Waals surface area contributed by atoms with Crippen LogP contribution < -0.4 is 17.2 Å². The van der Waals surface area contributed by atoms with Crippen LogP contribution >= 0.6 is 0 Å². The quantitative estimate of drug-likeness (QED) is 0.512. The lowest BCUT2D eigenvalue weighted by Crippen LogP contribution is -2.52. The number of nitrogens with two attached hydrogens (primary N) is 3. The highest BCUT2D eigenvalue weighted by molar-refractivity contribution is 5.66. The van der Waals surface area contributed by atoms with Crippen molar-refractivity contribution in [1.29, 1.82) is 0 Å². The number of hydrogen-bond donors (Lipinski definition) is 4. The minimum absolute atomic E-state index is 0.292. The molecule has 0 aliphatic rings. The van der Waals surface area contributed by atoms with Gasteiger partial charge in [-0.1, -0.05) is 20.3 Å². The van der Waals surface area contributed by atoms with Crippen LogP contribution in [0.1, 0.15) is 39.5 Å². The normalized spacial score (nSPS) is 10.5. The summed E-state index contributed by atoms with van der Waals surface area (Å²) in [5, 5.41) is 7.91. The SMILES string of the molecule is CCCC(=O)O.CCCC(N)(CN)CN. The molecule has 5 nitrogen and oxygen atoms in total. The zero-order valence-corrected chi connectivity index (χ0v) is 9.83. The van der Waals surface area contributed by atoms with Crippen LogP contribution in [0.15, 0.2) is 0 Å². The molecule has 0 fully saturated rings. The van der Waals surface area contributed by atoms with Gasteiger partial charge in [0.2, 0.25) is 0 Å². The smallest absolute Gasteiger partial charge is 0.303 e. The van der Waals surface area contributed by atoms with Crippen molar-refractivity contribution in [2.75, 3.05) is 13.1 Å². The van der Waals surface area contributed by atoms with Crippen molar-refractivity contribution in [3.05, 3.63) is 0 Å². The molecule has 0 spiro atoms. The lowest BCUT2D eigenvalue weighted by atomic mass is 9.96. The molecule has 7 N–H and O–H groups in total. The zero-order chi connectivity index (χ0) is 12.3. The lowest BCUT2D eigenvalue weighted by Gasteiger charge is -2.24. The van der Waals surface area contributed by atoms with Crippen LogP contribution in [0.2, 0.25) is 0 Å². The average Bonchev–Trinajstić information content (AvgIpc) is 2.19. The number of hydrogen-bond acceptors (Lipinski definition) is 4. The third-order valence-electron chi connectivity index (χ3n) is 2.02. The molecule has 0 rings (SSSR count). The van der Waals surface area contributed by atoms with E-state index >= 15 is 0 Å². The third-order valence-corrected chi connectivity index (χ3v) is 2.02. The maximum Gasteiger partial charge on any atom is 0.303 e. The second-order valence-electron chi connectivity index (χ2n) is 3.66. The Morgan fingerprint density at radius 2 is 1.67 bits per heavy atom. The van der Waals surface area contributed by atoms with Crippen molar-refractivity contribution in [2.45, 2.75) is 45.1 Å². The zero-order valence-electron chi connectivity index (χ0n) is 9.83. The molecule has 15 heavy (non-hydrogen) atoms. The Bertz CT molecular complexity index is 159. The van der Waals surface area contributed by atoms with E-state index in [4.69, 9.17) is 22.3 Å². The minimum Gasteiger partial charge on any atom is -0.481 e. The van der Waals surface area contributed by atoms with Crippen LogP contribution in [0.4, 0.5) is 0 Å². The van der Waals surface area contributed by atoms with E-state index in [0.29, 0.717) is 19.5 Å². The highest BCUT2D eigenvalue weighted by Crippen LogP contribution is 2.04. The summed E-state index contributed by atoms with van der Waals surface area (Å²) in [6, 6.07) is 0. The summed E-state index contributed by atoms with van der Waals surface area (Å²) < 4.78 is 0. The van der Waals surface area contributed by atoms with Crippen LogP contribution in [0.25, 0.3) is 0 Å². The minimum atomic E-state index is -0.711. The molecule has 0 atom stereocenters. The lowest BCUT2D eigenvalue weighted by molar-refractivity contribution is -0.137. The van der Waals surface area contributed by atoms with Crippen molar-refractivity contribution in [3.8, 4) is 0 Å². The highest BCUT2D eigenvalue weighted by atomic mass is 16.4. The van der Waals surface area contributed by atoms with Gasteiger partial charge in [-0.05, 0) is 12.8 Å². The van der Waals surface area contributed by atoms with Gasteiger partial charge in [0.15, 0.2) is 0 Å². The van der Waals surface area contributed by atoms with Crippen molar-refractivity contribution >= 4 is 5.97 Å². The van der Waals surface area contributed by atoms with Gasteiger partial charge in [0, 0.05) is 25.0 Å².